The predicted molar refractivity (Wildman–Crippen MR) is 109 cm³/mol. The van der Waals surface area contributed by atoms with Crippen molar-refractivity contribution in [2.45, 2.75) is 37.0 Å². The molecule has 0 bridgehead atoms. The Morgan fingerprint density at radius 2 is 1.78 bits per heavy atom. The number of hydrogen-bond acceptors (Lipinski definition) is 4. The van der Waals surface area contributed by atoms with E-state index < -0.39 is 15.3 Å². The van der Waals surface area contributed by atoms with E-state index in [-0.39, 0.29) is 11.7 Å². The number of fused-ring (bicyclic) bond motifs is 1. The number of carbonyl (C=O) groups excluding carboxylic acids is 1. The zero-order valence-electron chi connectivity index (χ0n) is 15.3. The number of carbonyl (C=O) groups is 1. The van der Waals surface area contributed by atoms with E-state index in [4.69, 9.17) is 4.74 Å². The van der Waals surface area contributed by atoms with E-state index in [0.29, 0.717) is 30.1 Å². The molecule has 5 nitrogen and oxygen atoms in total. The highest BCUT2D eigenvalue weighted by molar-refractivity contribution is 9.10. The molecule has 0 radical (unpaired) electrons. The highest BCUT2D eigenvalue weighted by Gasteiger charge is 2.38. The molecular weight excluding hydrogens is 430 g/mol. The Hall–Kier alpha value is -1.86. The molecule has 1 N–H and O–H groups in total. The fourth-order valence-electron chi connectivity index (χ4n) is 2.98. The van der Waals surface area contributed by atoms with Crippen molar-refractivity contribution in [3.63, 3.8) is 0 Å². The zero-order chi connectivity index (χ0) is 19.7. The molecule has 0 saturated carbocycles. The van der Waals surface area contributed by atoms with Crippen molar-refractivity contribution in [3.05, 3.63) is 52.5 Å². The van der Waals surface area contributed by atoms with E-state index in [0.717, 1.165) is 15.7 Å². The Morgan fingerprint density at radius 1 is 1.07 bits per heavy atom. The van der Waals surface area contributed by atoms with Crippen LogP contribution < -0.4 is 10.1 Å². The van der Waals surface area contributed by atoms with Crippen LogP contribution in [0.5, 0.6) is 5.75 Å². The number of benzene rings is 2. The minimum Gasteiger partial charge on any atom is -0.494 e. The maximum Gasteiger partial charge on any atom is 0.234 e. The Morgan fingerprint density at radius 3 is 2.48 bits per heavy atom. The number of halogens is 1. The smallest absolute Gasteiger partial charge is 0.234 e. The van der Waals surface area contributed by atoms with Crippen molar-refractivity contribution >= 4 is 37.4 Å². The van der Waals surface area contributed by atoms with Gasteiger partial charge in [-0.15, -0.1) is 0 Å². The summed E-state index contributed by atoms with van der Waals surface area (Å²) in [5, 5.41) is 2.86. The third-order valence-electron chi connectivity index (χ3n) is 4.73. The quantitative estimate of drug-likeness (QED) is 0.636. The van der Waals surface area contributed by atoms with Crippen LogP contribution in [-0.2, 0) is 20.0 Å². The van der Waals surface area contributed by atoms with Crippen molar-refractivity contribution in [2.24, 2.45) is 0 Å². The Balaban J connectivity index is 1.51. The fourth-order valence-corrected chi connectivity index (χ4v) is 4.62. The number of rotatable bonds is 7. The molecule has 0 atom stereocenters. The van der Waals surface area contributed by atoms with Crippen LogP contribution in [0, 0.1) is 0 Å². The molecule has 2 aromatic carbocycles. The van der Waals surface area contributed by atoms with Gasteiger partial charge in [0.1, 0.15) is 5.75 Å². The molecule has 1 heterocycles. The van der Waals surface area contributed by atoms with Gasteiger partial charge < -0.3 is 10.1 Å². The summed E-state index contributed by atoms with van der Waals surface area (Å²) in [7, 11) is -3.27. The van der Waals surface area contributed by atoms with Gasteiger partial charge in [0, 0.05) is 10.2 Å². The molecule has 1 aliphatic heterocycles. The molecule has 2 aromatic rings. The van der Waals surface area contributed by atoms with E-state index in [1.54, 1.807) is 24.3 Å². The van der Waals surface area contributed by atoms with Gasteiger partial charge in [0.05, 0.1) is 22.7 Å². The summed E-state index contributed by atoms with van der Waals surface area (Å²) in [4.78, 5) is 12.3. The standard InChI is InChI=1S/C20H22BrNO4S/c1-20(2)17-13-15(7-10-18(17)22-19(20)23)26-11-3-4-12-27(24,25)16-8-5-14(21)6-9-16/h5-10,13H,3-4,11-12H2,1-2H3,(H,22,23). The molecule has 0 unspecified atom stereocenters. The van der Waals surface area contributed by atoms with Gasteiger partial charge in [0.25, 0.3) is 0 Å². The van der Waals surface area contributed by atoms with Crippen LogP contribution in [0.1, 0.15) is 32.3 Å². The lowest BCUT2D eigenvalue weighted by atomic mass is 9.86. The Labute approximate surface area is 168 Å². The summed E-state index contributed by atoms with van der Waals surface area (Å²) in [6.45, 7) is 4.19. The van der Waals surface area contributed by atoms with Crippen LogP contribution in [0.15, 0.2) is 51.8 Å². The maximum absolute atomic E-state index is 12.3. The molecule has 0 aromatic heterocycles. The monoisotopic (exact) mass is 451 g/mol. The first-order chi connectivity index (χ1) is 12.7. The van der Waals surface area contributed by atoms with Crippen LogP contribution in [0.25, 0.3) is 0 Å². The topological polar surface area (TPSA) is 72.5 Å². The van der Waals surface area contributed by atoms with Gasteiger partial charge in [-0.2, -0.15) is 0 Å². The van der Waals surface area contributed by atoms with Gasteiger partial charge in [-0.05, 0) is 74.7 Å². The maximum atomic E-state index is 12.3. The number of nitrogens with one attached hydrogen (secondary N) is 1. The van der Waals surface area contributed by atoms with Gasteiger partial charge in [0.15, 0.2) is 9.84 Å². The van der Waals surface area contributed by atoms with Crippen LogP contribution in [0.4, 0.5) is 5.69 Å². The fraction of sp³-hybridized carbons (Fsp3) is 0.350. The third-order valence-corrected chi connectivity index (χ3v) is 7.07. The minimum absolute atomic E-state index is 0.0206. The van der Waals surface area contributed by atoms with Gasteiger partial charge in [-0.1, -0.05) is 15.9 Å². The van der Waals surface area contributed by atoms with Gasteiger partial charge in [0.2, 0.25) is 5.91 Å². The number of amides is 1. The lowest BCUT2D eigenvalue weighted by molar-refractivity contribution is -0.119. The van der Waals surface area contributed by atoms with Crippen LogP contribution in [0.3, 0.4) is 0 Å². The molecule has 0 spiro atoms. The van der Waals surface area contributed by atoms with Crippen LogP contribution in [-0.4, -0.2) is 26.7 Å². The van der Waals surface area contributed by atoms with Crippen molar-refractivity contribution in [3.8, 4) is 5.75 Å². The third kappa shape index (κ3) is 4.35. The Bertz CT molecular complexity index is 952. The van der Waals surface area contributed by atoms with Crippen LogP contribution in [0.2, 0.25) is 0 Å². The molecule has 0 fully saturated rings. The predicted octanol–water partition coefficient (Wildman–Crippen LogP) is 4.31. The minimum atomic E-state index is -3.27. The van der Waals surface area contributed by atoms with E-state index in [2.05, 4.69) is 21.2 Å². The number of sulfone groups is 1. The van der Waals surface area contributed by atoms with Gasteiger partial charge in [-0.3, -0.25) is 4.79 Å². The SMILES string of the molecule is CC1(C)C(=O)Nc2ccc(OCCCCS(=O)(=O)c3ccc(Br)cc3)cc21. The van der Waals surface area contributed by atoms with Crippen molar-refractivity contribution in [1.29, 1.82) is 0 Å². The van der Waals surface area contributed by atoms with Crippen molar-refractivity contribution < 1.29 is 17.9 Å². The van der Waals surface area contributed by atoms with E-state index >= 15 is 0 Å². The molecule has 7 heteroatoms. The summed E-state index contributed by atoms with van der Waals surface area (Å²) in [6, 6.07) is 12.2. The first-order valence-corrected chi connectivity index (χ1v) is 11.2. The van der Waals surface area contributed by atoms with Gasteiger partial charge in [-0.25, -0.2) is 8.42 Å². The average molecular weight is 452 g/mol. The first kappa shape index (κ1) is 19.9. The molecule has 1 amide bonds. The van der Waals surface area contributed by atoms with E-state index in [1.165, 1.54) is 0 Å². The second-order valence-corrected chi connectivity index (χ2v) is 10.1. The van der Waals surface area contributed by atoms with Crippen molar-refractivity contribution in [2.75, 3.05) is 17.7 Å². The zero-order valence-corrected chi connectivity index (χ0v) is 17.7. The summed E-state index contributed by atoms with van der Waals surface area (Å²) < 4.78 is 31.2. The normalized spacial score (nSPS) is 15.3. The largest absolute Gasteiger partial charge is 0.494 e. The number of hydrogen-bond donors (Lipinski definition) is 1. The molecule has 27 heavy (non-hydrogen) atoms. The molecule has 1 aliphatic rings. The summed E-state index contributed by atoms with van der Waals surface area (Å²) in [5.41, 5.74) is 1.16. The van der Waals surface area contributed by atoms with E-state index in [1.807, 2.05) is 32.0 Å². The average Bonchev–Trinajstić information content (AvgIpc) is 2.84. The van der Waals surface area contributed by atoms with E-state index in [9.17, 15) is 13.2 Å². The second kappa shape index (κ2) is 7.64. The summed E-state index contributed by atoms with van der Waals surface area (Å²) in [6.07, 6.45) is 1.16. The summed E-state index contributed by atoms with van der Waals surface area (Å²) >= 11 is 3.30. The molecule has 0 saturated heterocycles. The lowest BCUT2D eigenvalue weighted by Gasteiger charge is -2.16. The molecule has 3 rings (SSSR count). The molecule has 0 aliphatic carbocycles. The first-order valence-electron chi connectivity index (χ1n) is 8.77. The number of unbranched alkanes of at least 4 members (excludes halogenated alkanes) is 1. The summed E-state index contributed by atoms with van der Waals surface area (Å²) in [5.74, 6) is 0.759. The highest BCUT2D eigenvalue weighted by atomic mass is 79.9. The van der Waals surface area contributed by atoms with Gasteiger partial charge >= 0.3 is 0 Å². The highest BCUT2D eigenvalue weighted by Crippen LogP contribution is 2.39. The number of anilines is 1. The molecular formula is C20H22BrNO4S. The number of ether oxygens (including phenoxy) is 1. The van der Waals surface area contributed by atoms with Crippen LogP contribution >= 0.6 is 15.9 Å². The van der Waals surface area contributed by atoms with Crippen molar-refractivity contribution in [1.82, 2.24) is 0 Å². The lowest BCUT2D eigenvalue weighted by Crippen LogP contribution is -2.26. The second-order valence-electron chi connectivity index (χ2n) is 7.11. The Kier molecular flexibility index (Phi) is 5.63. The molecule has 144 valence electrons.